The summed E-state index contributed by atoms with van der Waals surface area (Å²) in [6.07, 6.45) is 10.4. The van der Waals surface area contributed by atoms with Crippen molar-refractivity contribution in [3.8, 4) is 0 Å². The van der Waals surface area contributed by atoms with E-state index in [1.165, 1.54) is 37.7 Å². The van der Waals surface area contributed by atoms with Crippen LogP contribution in [0.1, 0.15) is 56.2 Å². The minimum atomic E-state index is 0.758. The molecule has 4 bridgehead atoms. The van der Waals surface area contributed by atoms with Gasteiger partial charge in [-0.2, -0.15) is 0 Å². The number of hydrogen-bond donors (Lipinski definition) is 1. The number of hydrogen-bond acceptors (Lipinski definition) is 2. The fourth-order valence-electron chi connectivity index (χ4n) is 5.47. The van der Waals surface area contributed by atoms with Crippen molar-refractivity contribution in [3.63, 3.8) is 0 Å². The lowest BCUT2D eigenvalue weighted by atomic mass is 9.51. The summed E-state index contributed by atoms with van der Waals surface area (Å²) in [4.78, 5) is 4.60. The number of nitrogen functional groups attached to an aromatic ring is 1. The topological polar surface area (TPSA) is 38.9 Å². The van der Waals surface area contributed by atoms with Crippen LogP contribution in [0.4, 0.5) is 5.69 Å². The third-order valence-corrected chi connectivity index (χ3v) is 5.97. The molecule has 4 aliphatic carbocycles. The zero-order valence-electron chi connectivity index (χ0n) is 11.8. The van der Waals surface area contributed by atoms with E-state index in [0.717, 1.165) is 47.4 Å². The molecule has 5 rings (SSSR count). The molecule has 0 radical (unpaired) electrons. The third-order valence-electron chi connectivity index (χ3n) is 5.97. The van der Waals surface area contributed by atoms with Crippen LogP contribution in [0.3, 0.4) is 0 Å². The predicted molar refractivity (Wildman–Crippen MR) is 77.8 cm³/mol. The van der Waals surface area contributed by atoms with Crippen LogP contribution in [0.15, 0.2) is 12.3 Å². The largest absolute Gasteiger partial charge is 0.397 e. The normalized spacial score (nSPS) is 39.7. The highest BCUT2D eigenvalue weighted by atomic mass is 14.7. The first-order valence-corrected chi connectivity index (χ1v) is 7.98. The summed E-state index contributed by atoms with van der Waals surface area (Å²) in [5, 5.41) is 0. The van der Waals surface area contributed by atoms with E-state index in [0.29, 0.717) is 0 Å². The van der Waals surface area contributed by atoms with Crippen molar-refractivity contribution in [1.29, 1.82) is 0 Å². The van der Waals surface area contributed by atoms with E-state index < -0.39 is 0 Å². The average Bonchev–Trinajstić information content (AvgIpc) is 2.37. The lowest BCUT2D eigenvalue weighted by molar-refractivity contribution is -0.00287. The lowest BCUT2D eigenvalue weighted by Crippen LogP contribution is -2.43. The van der Waals surface area contributed by atoms with Gasteiger partial charge in [0, 0.05) is 6.20 Å². The molecule has 0 aliphatic heterocycles. The molecule has 4 fully saturated rings. The first-order valence-electron chi connectivity index (χ1n) is 7.98. The zero-order valence-corrected chi connectivity index (χ0v) is 11.8. The summed E-state index contributed by atoms with van der Waals surface area (Å²) in [7, 11) is 0. The Bertz CT molecular complexity index is 466. The van der Waals surface area contributed by atoms with Crippen LogP contribution < -0.4 is 5.73 Å². The van der Waals surface area contributed by atoms with Crippen LogP contribution in [0.5, 0.6) is 0 Å². The maximum absolute atomic E-state index is 6.16. The van der Waals surface area contributed by atoms with Gasteiger partial charge in [-0.05, 0) is 79.7 Å². The van der Waals surface area contributed by atoms with Crippen LogP contribution in [-0.4, -0.2) is 4.98 Å². The third kappa shape index (κ3) is 1.79. The summed E-state index contributed by atoms with van der Waals surface area (Å²) < 4.78 is 0. The molecular weight excluding hydrogens is 232 g/mol. The predicted octanol–water partition coefficient (Wildman–Crippen LogP) is 3.77. The number of nitrogens with two attached hydrogens (primary N) is 1. The molecule has 1 aromatic rings. The fraction of sp³-hybridized carbons (Fsp3) is 0.706. The second-order valence-electron chi connectivity index (χ2n) is 7.11. The van der Waals surface area contributed by atoms with Crippen LogP contribution in [0.25, 0.3) is 0 Å². The van der Waals surface area contributed by atoms with E-state index in [1.54, 1.807) is 0 Å². The van der Waals surface area contributed by atoms with Gasteiger partial charge in [0.15, 0.2) is 0 Å². The molecule has 1 heterocycles. The maximum atomic E-state index is 6.16. The Morgan fingerprint density at radius 3 is 2.26 bits per heavy atom. The van der Waals surface area contributed by atoms with Crippen LogP contribution in [-0.2, 0) is 6.42 Å². The molecule has 4 aliphatic rings. The van der Waals surface area contributed by atoms with Crippen LogP contribution >= 0.6 is 0 Å². The van der Waals surface area contributed by atoms with Crippen molar-refractivity contribution in [1.82, 2.24) is 4.98 Å². The first kappa shape index (κ1) is 11.7. The highest BCUT2D eigenvalue weighted by molar-refractivity contribution is 5.46. The Labute approximate surface area is 115 Å². The van der Waals surface area contributed by atoms with E-state index in [4.69, 9.17) is 5.73 Å². The smallest absolute Gasteiger partial charge is 0.0630 e. The van der Waals surface area contributed by atoms with Gasteiger partial charge in [-0.3, -0.25) is 4.98 Å². The molecule has 2 heteroatoms. The maximum Gasteiger partial charge on any atom is 0.0630 e. The SMILES string of the molecule is CCc1ncc(C2C3CC4CC(C3)CC2C4)cc1N. The zero-order chi connectivity index (χ0) is 13.0. The lowest BCUT2D eigenvalue weighted by Gasteiger charge is -2.54. The Hall–Kier alpha value is -1.05. The van der Waals surface area contributed by atoms with Crippen molar-refractivity contribution < 1.29 is 0 Å². The molecule has 0 atom stereocenters. The van der Waals surface area contributed by atoms with Gasteiger partial charge in [0.1, 0.15) is 0 Å². The fourth-order valence-corrected chi connectivity index (χ4v) is 5.47. The molecule has 0 unspecified atom stereocenters. The molecule has 2 N–H and O–H groups in total. The van der Waals surface area contributed by atoms with Gasteiger partial charge < -0.3 is 5.73 Å². The standard InChI is InChI=1S/C17H24N2/c1-2-16-15(18)8-14(9-19-16)17-12-4-10-3-11(6-12)7-13(17)5-10/h8-13,17H,2-7,18H2,1H3. The Morgan fingerprint density at radius 1 is 1.11 bits per heavy atom. The van der Waals surface area contributed by atoms with E-state index in [1.807, 2.05) is 0 Å². The first-order chi connectivity index (χ1) is 9.24. The van der Waals surface area contributed by atoms with Gasteiger partial charge in [0.05, 0.1) is 11.4 Å². The van der Waals surface area contributed by atoms with E-state index in [-0.39, 0.29) is 0 Å². The molecule has 4 saturated carbocycles. The second kappa shape index (κ2) is 4.22. The minimum absolute atomic E-state index is 0.758. The highest BCUT2D eigenvalue weighted by Gasteiger charge is 2.48. The summed E-state index contributed by atoms with van der Waals surface area (Å²) in [5.74, 6) is 4.68. The van der Waals surface area contributed by atoms with Crippen molar-refractivity contribution in [2.24, 2.45) is 23.7 Å². The van der Waals surface area contributed by atoms with E-state index >= 15 is 0 Å². The Morgan fingerprint density at radius 2 is 1.74 bits per heavy atom. The Kier molecular flexibility index (Phi) is 2.61. The molecular formula is C17H24N2. The summed E-state index contributed by atoms with van der Waals surface area (Å²) >= 11 is 0. The van der Waals surface area contributed by atoms with Gasteiger partial charge >= 0.3 is 0 Å². The minimum Gasteiger partial charge on any atom is -0.397 e. The number of rotatable bonds is 2. The number of aryl methyl sites for hydroxylation is 1. The molecule has 0 spiro atoms. The van der Waals surface area contributed by atoms with Crippen molar-refractivity contribution in [2.45, 2.75) is 51.4 Å². The van der Waals surface area contributed by atoms with E-state index in [9.17, 15) is 0 Å². The van der Waals surface area contributed by atoms with Crippen molar-refractivity contribution in [2.75, 3.05) is 5.73 Å². The van der Waals surface area contributed by atoms with Crippen LogP contribution in [0, 0.1) is 23.7 Å². The van der Waals surface area contributed by atoms with Crippen molar-refractivity contribution in [3.05, 3.63) is 23.5 Å². The molecule has 2 nitrogen and oxygen atoms in total. The molecule has 1 aromatic heterocycles. The average molecular weight is 256 g/mol. The number of aromatic nitrogens is 1. The number of anilines is 1. The molecule has 0 amide bonds. The summed E-state index contributed by atoms with van der Waals surface area (Å²) in [6.45, 7) is 2.13. The number of nitrogens with zero attached hydrogens (tertiary/aromatic N) is 1. The van der Waals surface area contributed by atoms with E-state index in [2.05, 4.69) is 24.2 Å². The molecule has 102 valence electrons. The highest BCUT2D eigenvalue weighted by Crippen LogP contribution is 2.59. The van der Waals surface area contributed by atoms with Gasteiger partial charge in [-0.15, -0.1) is 0 Å². The van der Waals surface area contributed by atoms with Gasteiger partial charge in [-0.1, -0.05) is 6.92 Å². The van der Waals surface area contributed by atoms with Gasteiger partial charge in [-0.25, -0.2) is 0 Å². The number of pyridine rings is 1. The quantitative estimate of drug-likeness (QED) is 0.875. The Balaban J connectivity index is 1.67. The van der Waals surface area contributed by atoms with Gasteiger partial charge in [0.25, 0.3) is 0 Å². The van der Waals surface area contributed by atoms with Gasteiger partial charge in [0.2, 0.25) is 0 Å². The molecule has 0 aromatic carbocycles. The molecule has 0 saturated heterocycles. The second-order valence-corrected chi connectivity index (χ2v) is 7.11. The van der Waals surface area contributed by atoms with Crippen LogP contribution in [0.2, 0.25) is 0 Å². The summed E-state index contributed by atoms with van der Waals surface area (Å²) in [5.41, 5.74) is 9.57. The van der Waals surface area contributed by atoms with Crippen molar-refractivity contribution >= 4 is 5.69 Å². The monoisotopic (exact) mass is 256 g/mol. The summed E-state index contributed by atoms with van der Waals surface area (Å²) in [6, 6.07) is 2.23. The molecule has 19 heavy (non-hydrogen) atoms.